The van der Waals surface area contributed by atoms with E-state index in [0.29, 0.717) is 16.8 Å². The fourth-order valence-electron chi connectivity index (χ4n) is 1.35. The van der Waals surface area contributed by atoms with E-state index in [2.05, 4.69) is 5.32 Å². The Hall–Kier alpha value is -1.58. The van der Waals surface area contributed by atoms with Gasteiger partial charge in [0.15, 0.2) is 0 Å². The Kier molecular flexibility index (Phi) is 3.29. The summed E-state index contributed by atoms with van der Waals surface area (Å²) >= 11 is 0. The van der Waals surface area contributed by atoms with Crippen molar-refractivity contribution < 1.29 is 9.18 Å². The first kappa shape index (κ1) is 11.5. The van der Waals surface area contributed by atoms with Crippen LogP contribution in [0, 0.1) is 19.7 Å². The summed E-state index contributed by atoms with van der Waals surface area (Å²) in [5.74, 6) is -0.651. The van der Waals surface area contributed by atoms with Crippen molar-refractivity contribution >= 4 is 11.6 Å². The molecule has 0 radical (unpaired) electrons. The first-order valence-corrected chi connectivity index (χ1v) is 4.74. The highest BCUT2D eigenvalue weighted by atomic mass is 19.1. The summed E-state index contributed by atoms with van der Waals surface area (Å²) < 4.78 is 13.3. The van der Waals surface area contributed by atoms with E-state index in [1.165, 1.54) is 0 Å². The van der Waals surface area contributed by atoms with Crippen molar-refractivity contribution in [2.24, 2.45) is 5.73 Å². The molecule has 1 unspecified atom stereocenters. The molecule has 1 amide bonds. The number of rotatable bonds is 3. The number of nitrogens with two attached hydrogens (primary N) is 1. The number of carbonyl (C=O) groups excluding carboxylic acids is 1. The molecule has 1 aromatic carbocycles. The van der Waals surface area contributed by atoms with Gasteiger partial charge in [-0.2, -0.15) is 0 Å². The van der Waals surface area contributed by atoms with Crippen LogP contribution >= 0.6 is 0 Å². The highest BCUT2D eigenvalue weighted by Gasteiger charge is 2.10. The van der Waals surface area contributed by atoms with Crippen LogP contribution in [0.3, 0.4) is 0 Å². The Balaban J connectivity index is 2.92. The second kappa shape index (κ2) is 4.29. The molecule has 0 saturated carbocycles. The van der Waals surface area contributed by atoms with Crippen LogP contribution in [0.25, 0.3) is 0 Å². The SMILES string of the molecule is Cc1cc(NC(C)C(N)=O)cc(C)c1F. The zero-order valence-electron chi connectivity index (χ0n) is 9.10. The van der Waals surface area contributed by atoms with Gasteiger partial charge in [-0.05, 0) is 44.0 Å². The van der Waals surface area contributed by atoms with Crippen LogP contribution < -0.4 is 11.1 Å². The summed E-state index contributed by atoms with van der Waals surface area (Å²) in [4.78, 5) is 10.8. The Labute approximate surface area is 88.5 Å². The van der Waals surface area contributed by atoms with E-state index in [0.717, 1.165) is 0 Å². The Morgan fingerprint density at radius 2 is 1.87 bits per heavy atom. The molecule has 1 aromatic rings. The minimum Gasteiger partial charge on any atom is -0.374 e. The van der Waals surface area contributed by atoms with Gasteiger partial charge in [0.1, 0.15) is 11.9 Å². The van der Waals surface area contributed by atoms with Gasteiger partial charge in [-0.3, -0.25) is 4.79 Å². The monoisotopic (exact) mass is 210 g/mol. The second-order valence-corrected chi connectivity index (χ2v) is 3.69. The van der Waals surface area contributed by atoms with Gasteiger partial charge in [-0.25, -0.2) is 4.39 Å². The number of halogens is 1. The lowest BCUT2D eigenvalue weighted by atomic mass is 10.1. The molecule has 0 aromatic heterocycles. The largest absolute Gasteiger partial charge is 0.374 e. The summed E-state index contributed by atoms with van der Waals surface area (Å²) in [6.45, 7) is 5.03. The van der Waals surface area contributed by atoms with E-state index in [4.69, 9.17) is 5.73 Å². The van der Waals surface area contributed by atoms with Gasteiger partial charge in [-0.15, -0.1) is 0 Å². The highest BCUT2D eigenvalue weighted by molar-refractivity contribution is 5.82. The van der Waals surface area contributed by atoms with Crippen LogP contribution in [0.2, 0.25) is 0 Å². The third kappa shape index (κ3) is 2.68. The standard InChI is InChI=1S/C11H15FN2O/c1-6-4-9(5-7(2)10(6)12)14-8(3)11(13)15/h4-5,8,14H,1-3H3,(H2,13,15). The van der Waals surface area contributed by atoms with Crippen LogP contribution in [0.1, 0.15) is 18.1 Å². The van der Waals surface area contributed by atoms with E-state index < -0.39 is 11.9 Å². The zero-order valence-corrected chi connectivity index (χ0v) is 9.10. The molecule has 0 fully saturated rings. The first-order chi connectivity index (χ1) is 6.91. The highest BCUT2D eigenvalue weighted by Crippen LogP contribution is 2.18. The van der Waals surface area contributed by atoms with Crippen molar-refractivity contribution in [1.82, 2.24) is 0 Å². The van der Waals surface area contributed by atoms with E-state index in [1.54, 1.807) is 32.9 Å². The van der Waals surface area contributed by atoms with Crippen molar-refractivity contribution in [2.75, 3.05) is 5.32 Å². The summed E-state index contributed by atoms with van der Waals surface area (Å²) in [5, 5.41) is 2.91. The van der Waals surface area contributed by atoms with Gasteiger partial charge >= 0.3 is 0 Å². The summed E-state index contributed by atoms with van der Waals surface area (Å²) in [5.41, 5.74) is 6.92. The first-order valence-electron chi connectivity index (χ1n) is 4.74. The lowest BCUT2D eigenvalue weighted by Crippen LogP contribution is -2.32. The fraction of sp³-hybridized carbons (Fsp3) is 0.364. The summed E-state index contributed by atoms with van der Waals surface area (Å²) in [7, 11) is 0. The van der Waals surface area contributed by atoms with Gasteiger partial charge in [0, 0.05) is 5.69 Å². The molecule has 0 aliphatic carbocycles. The molecule has 15 heavy (non-hydrogen) atoms. The van der Waals surface area contributed by atoms with Crippen molar-refractivity contribution in [3.63, 3.8) is 0 Å². The molecule has 0 bridgehead atoms. The fourth-order valence-corrected chi connectivity index (χ4v) is 1.35. The second-order valence-electron chi connectivity index (χ2n) is 3.69. The molecule has 4 heteroatoms. The maximum Gasteiger partial charge on any atom is 0.239 e. The number of anilines is 1. The van der Waals surface area contributed by atoms with Gasteiger partial charge < -0.3 is 11.1 Å². The summed E-state index contributed by atoms with van der Waals surface area (Å²) in [6.07, 6.45) is 0. The Bertz CT molecular complexity index is 367. The third-order valence-electron chi connectivity index (χ3n) is 2.25. The van der Waals surface area contributed by atoms with E-state index in [9.17, 15) is 9.18 Å². The lowest BCUT2D eigenvalue weighted by Gasteiger charge is -2.13. The number of amides is 1. The molecule has 0 aliphatic heterocycles. The molecule has 0 spiro atoms. The van der Waals surface area contributed by atoms with Crippen molar-refractivity contribution in [1.29, 1.82) is 0 Å². The van der Waals surface area contributed by atoms with Crippen LogP contribution in [-0.2, 0) is 4.79 Å². The number of nitrogens with one attached hydrogen (secondary N) is 1. The van der Waals surface area contributed by atoms with E-state index in [-0.39, 0.29) is 5.82 Å². The predicted octanol–water partition coefficient (Wildman–Crippen LogP) is 1.73. The number of hydrogen-bond acceptors (Lipinski definition) is 2. The average molecular weight is 210 g/mol. The van der Waals surface area contributed by atoms with Gasteiger partial charge in [0.05, 0.1) is 0 Å². The molecular weight excluding hydrogens is 195 g/mol. The van der Waals surface area contributed by atoms with E-state index >= 15 is 0 Å². The van der Waals surface area contributed by atoms with Gasteiger partial charge in [0.25, 0.3) is 0 Å². The number of carbonyl (C=O) groups is 1. The lowest BCUT2D eigenvalue weighted by molar-refractivity contribution is -0.118. The molecule has 0 saturated heterocycles. The maximum atomic E-state index is 13.3. The molecule has 3 nitrogen and oxygen atoms in total. The quantitative estimate of drug-likeness (QED) is 0.798. The molecular formula is C11H15FN2O. The van der Waals surface area contributed by atoms with Crippen molar-refractivity contribution in [2.45, 2.75) is 26.8 Å². The van der Waals surface area contributed by atoms with Crippen LogP contribution in [-0.4, -0.2) is 11.9 Å². The number of primary amides is 1. The molecule has 0 heterocycles. The van der Waals surface area contributed by atoms with Crippen molar-refractivity contribution in [3.05, 3.63) is 29.1 Å². The minimum atomic E-state index is -0.464. The Morgan fingerprint density at radius 3 is 2.27 bits per heavy atom. The van der Waals surface area contributed by atoms with Crippen molar-refractivity contribution in [3.8, 4) is 0 Å². The normalized spacial score (nSPS) is 12.3. The topological polar surface area (TPSA) is 55.1 Å². The predicted molar refractivity (Wildman–Crippen MR) is 58.2 cm³/mol. The van der Waals surface area contributed by atoms with Crippen LogP contribution in [0.15, 0.2) is 12.1 Å². The zero-order chi connectivity index (χ0) is 11.6. The van der Waals surface area contributed by atoms with Crippen LogP contribution in [0.5, 0.6) is 0 Å². The number of hydrogen-bond donors (Lipinski definition) is 2. The van der Waals surface area contributed by atoms with Gasteiger partial charge in [-0.1, -0.05) is 0 Å². The molecule has 1 atom stereocenters. The Morgan fingerprint density at radius 1 is 1.40 bits per heavy atom. The molecule has 3 N–H and O–H groups in total. The number of aryl methyl sites for hydroxylation is 2. The van der Waals surface area contributed by atoms with E-state index in [1.807, 2.05) is 0 Å². The molecule has 0 aliphatic rings. The summed E-state index contributed by atoms with van der Waals surface area (Å²) in [6, 6.07) is 2.85. The molecule has 1 rings (SSSR count). The third-order valence-corrected chi connectivity index (χ3v) is 2.25. The van der Waals surface area contributed by atoms with Crippen LogP contribution in [0.4, 0.5) is 10.1 Å². The smallest absolute Gasteiger partial charge is 0.239 e. The minimum absolute atomic E-state index is 0.215. The van der Waals surface area contributed by atoms with Gasteiger partial charge in [0.2, 0.25) is 5.91 Å². The maximum absolute atomic E-state index is 13.3. The molecule has 82 valence electrons. The number of benzene rings is 1. The average Bonchev–Trinajstić information content (AvgIpc) is 2.13.